The molecule has 0 spiro atoms. The summed E-state index contributed by atoms with van der Waals surface area (Å²) in [6.07, 6.45) is 2.28. The molecular weight excluding hydrogens is 322 g/mol. The Morgan fingerprint density at radius 3 is 2.78 bits per heavy atom. The van der Waals surface area contributed by atoms with Crippen LogP contribution >= 0.6 is 11.8 Å². The molecule has 2 aromatic rings. The topological polar surface area (TPSA) is 59.8 Å². The number of nitrogens with zero attached hydrogens (tertiary/aromatic N) is 3. The Morgan fingerprint density at radius 1 is 1.35 bits per heavy atom. The number of aromatic nitrogens is 3. The normalized spacial score (nSPS) is 14.0. The van der Waals surface area contributed by atoms with E-state index in [1.807, 2.05) is 11.5 Å². The van der Waals surface area contributed by atoms with Gasteiger partial charge in [0.1, 0.15) is 5.82 Å². The van der Waals surface area contributed by atoms with Crippen LogP contribution in [0.3, 0.4) is 0 Å². The monoisotopic (exact) mass is 338 g/mol. The summed E-state index contributed by atoms with van der Waals surface area (Å²) >= 11 is 1.28. The van der Waals surface area contributed by atoms with Gasteiger partial charge in [0, 0.05) is 24.2 Å². The van der Waals surface area contributed by atoms with Crippen LogP contribution in [0.2, 0.25) is 0 Å². The lowest BCUT2D eigenvalue weighted by Crippen LogP contribution is -2.15. The van der Waals surface area contributed by atoms with Crippen LogP contribution in [0, 0.1) is 11.6 Å². The van der Waals surface area contributed by atoms with Crippen molar-refractivity contribution < 1.29 is 13.6 Å². The fourth-order valence-corrected chi connectivity index (χ4v) is 3.06. The molecule has 5 nitrogen and oxygen atoms in total. The van der Waals surface area contributed by atoms with Crippen molar-refractivity contribution in [2.24, 2.45) is 0 Å². The molecular formula is C15H16F2N4OS. The fraction of sp³-hybridized carbons (Fsp3) is 0.400. The average Bonchev–Trinajstić information content (AvgIpc) is 3.29. The predicted octanol–water partition coefficient (Wildman–Crippen LogP) is 3.18. The summed E-state index contributed by atoms with van der Waals surface area (Å²) in [6, 6.07) is 3.26. The molecule has 0 bridgehead atoms. The minimum absolute atomic E-state index is 0.127. The van der Waals surface area contributed by atoms with Crippen LogP contribution in [-0.2, 0) is 11.3 Å². The van der Waals surface area contributed by atoms with Crippen molar-refractivity contribution in [3.63, 3.8) is 0 Å². The molecule has 8 heteroatoms. The number of hydrogen-bond acceptors (Lipinski definition) is 4. The molecule has 1 aliphatic carbocycles. The van der Waals surface area contributed by atoms with E-state index in [0.717, 1.165) is 37.3 Å². The molecule has 1 aliphatic rings. The molecule has 0 unspecified atom stereocenters. The largest absolute Gasteiger partial charge is 0.325 e. The van der Waals surface area contributed by atoms with E-state index in [2.05, 4.69) is 15.5 Å². The van der Waals surface area contributed by atoms with Gasteiger partial charge in [-0.3, -0.25) is 4.79 Å². The third kappa shape index (κ3) is 3.69. The van der Waals surface area contributed by atoms with Crippen molar-refractivity contribution in [2.45, 2.75) is 37.4 Å². The Bertz CT molecular complexity index is 730. The molecule has 1 N–H and O–H groups in total. The Hall–Kier alpha value is -1.96. The van der Waals surface area contributed by atoms with Gasteiger partial charge < -0.3 is 9.88 Å². The maximum Gasteiger partial charge on any atom is 0.234 e. The third-order valence-electron chi connectivity index (χ3n) is 3.54. The highest BCUT2D eigenvalue weighted by Gasteiger charge is 2.30. The number of hydrogen-bond donors (Lipinski definition) is 1. The van der Waals surface area contributed by atoms with Crippen LogP contribution in [0.25, 0.3) is 0 Å². The van der Waals surface area contributed by atoms with Crippen molar-refractivity contribution in [2.75, 3.05) is 11.1 Å². The first-order valence-corrected chi connectivity index (χ1v) is 8.38. The molecule has 1 saturated carbocycles. The van der Waals surface area contributed by atoms with Crippen LogP contribution in [-0.4, -0.2) is 26.4 Å². The Balaban J connectivity index is 1.59. The number of carbonyl (C=O) groups excluding carboxylic acids is 1. The number of anilines is 1. The summed E-state index contributed by atoms with van der Waals surface area (Å²) in [5, 5.41) is 11.6. The highest BCUT2D eigenvalue weighted by Crippen LogP contribution is 2.39. The summed E-state index contributed by atoms with van der Waals surface area (Å²) in [5.74, 6) is -0.637. The quantitative estimate of drug-likeness (QED) is 0.822. The first-order valence-electron chi connectivity index (χ1n) is 7.39. The van der Waals surface area contributed by atoms with E-state index in [9.17, 15) is 13.6 Å². The molecule has 0 saturated heterocycles. The predicted molar refractivity (Wildman–Crippen MR) is 83.4 cm³/mol. The molecule has 23 heavy (non-hydrogen) atoms. The molecule has 1 aromatic heterocycles. The lowest BCUT2D eigenvalue weighted by molar-refractivity contribution is -0.113. The van der Waals surface area contributed by atoms with Crippen molar-refractivity contribution >= 4 is 23.4 Å². The third-order valence-corrected chi connectivity index (χ3v) is 4.51. The van der Waals surface area contributed by atoms with Gasteiger partial charge in [-0.25, -0.2) is 8.78 Å². The van der Waals surface area contributed by atoms with Gasteiger partial charge in [0.25, 0.3) is 0 Å². The van der Waals surface area contributed by atoms with Crippen LogP contribution in [0.1, 0.15) is 31.5 Å². The Labute approximate surface area is 136 Å². The fourth-order valence-electron chi connectivity index (χ4n) is 2.25. The summed E-state index contributed by atoms with van der Waals surface area (Å²) < 4.78 is 28.0. The molecule has 0 aliphatic heterocycles. The zero-order chi connectivity index (χ0) is 16.4. The SMILES string of the molecule is CCn1c(SCC(=O)Nc2ccc(F)c(F)c2)nnc1C1CC1. The minimum atomic E-state index is -0.991. The van der Waals surface area contributed by atoms with Gasteiger partial charge in [-0.05, 0) is 31.9 Å². The zero-order valence-corrected chi connectivity index (χ0v) is 13.4. The minimum Gasteiger partial charge on any atom is -0.325 e. The van der Waals surface area contributed by atoms with E-state index >= 15 is 0 Å². The highest BCUT2D eigenvalue weighted by atomic mass is 32.2. The molecule has 3 rings (SSSR count). The molecule has 1 fully saturated rings. The number of amides is 1. The smallest absolute Gasteiger partial charge is 0.234 e. The second-order valence-electron chi connectivity index (χ2n) is 5.33. The Morgan fingerprint density at radius 2 is 2.13 bits per heavy atom. The summed E-state index contributed by atoms with van der Waals surface area (Å²) in [4.78, 5) is 11.9. The first-order chi connectivity index (χ1) is 11.1. The first kappa shape index (κ1) is 15.9. The summed E-state index contributed by atoms with van der Waals surface area (Å²) in [5.41, 5.74) is 0.227. The average molecular weight is 338 g/mol. The van der Waals surface area contributed by atoms with Gasteiger partial charge in [-0.2, -0.15) is 0 Å². The Kier molecular flexibility index (Phi) is 4.61. The molecule has 122 valence electrons. The van der Waals surface area contributed by atoms with Crippen molar-refractivity contribution in [1.29, 1.82) is 0 Å². The van der Waals surface area contributed by atoms with E-state index in [4.69, 9.17) is 0 Å². The van der Waals surface area contributed by atoms with E-state index in [-0.39, 0.29) is 17.3 Å². The maximum atomic E-state index is 13.1. The number of rotatable bonds is 6. The number of benzene rings is 1. The van der Waals surface area contributed by atoms with Gasteiger partial charge in [-0.1, -0.05) is 11.8 Å². The van der Waals surface area contributed by atoms with Gasteiger partial charge in [0.15, 0.2) is 16.8 Å². The molecule has 1 amide bonds. The number of halogens is 2. The van der Waals surface area contributed by atoms with Gasteiger partial charge >= 0.3 is 0 Å². The zero-order valence-electron chi connectivity index (χ0n) is 12.6. The second kappa shape index (κ2) is 6.66. The molecule has 0 radical (unpaired) electrons. The van der Waals surface area contributed by atoms with E-state index < -0.39 is 11.6 Å². The maximum absolute atomic E-state index is 13.1. The van der Waals surface area contributed by atoms with E-state index in [1.54, 1.807) is 0 Å². The summed E-state index contributed by atoms with van der Waals surface area (Å²) in [7, 11) is 0. The van der Waals surface area contributed by atoms with Crippen LogP contribution in [0.15, 0.2) is 23.4 Å². The number of carbonyl (C=O) groups is 1. The van der Waals surface area contributed by atoms with Crippen LogP contribution in [0.4, 0.5) is 14.5 Å². The molecule has 0 atom stereocenters. The van der Waals surface area contributed by atoms with Crippen molar-refractivity contribution in [3.05, 3.63) is 35.7 Å². The molecule has 1 aromatic carbocycles. The lowest BCUT2D eigenvalue weighted by atomic mass is 10.3. The standard InChI is InChI=1S/C15H16F2N4OS/c1-2-21-14(9-3-4-9)19-20-15(21)23-8-13(22)18-10-5-6-11(16)12(17)7-10/h5-7,9H,2-4,8H2,1H3,(H,18,22). The number of thioether (sulfide) groups is 1. The second-order valence-corrected chi connectivity index (χ2v) is 6.27. The lowest BCUT2D eigenvalue weighted by Gasteiger charge is -2.07. The highest BCUT2D eigenvalue weighted by molar-refractivity contribution is 7.99. The van der Waals surface area contributed by atoms with Crippen LogP contribution in [0.5, 0.6) is 0 Å². The van der Waals surface area contributed by atoms with Gasteiger partial charge in [0.05, 0.1) is 5.75 Å². The number of nitrogens with one attached hydrogen (secondary N) is 1. The summed E-state index contributed by atoms with van der Waals surface area (Å²) in [6.45, 7) is 2.77. The van der Waals surface area contributed by atoms with Gasteiger partial charge in [0.2, 0.25) is 5.91 Å². The van der Waals surface area contributed by atoms with Crippen molar-refractivity contribution in [3.8, 4) is 0 Å². The van der Waals surface area contributed by atoms with Crippen molar-refractivity contribution in [1.82, 2.24) is 14.8 Å². The van der Waals surface area contributed by atoms with E-state index in [0.29, 0.717) is 11.1 Å². The van der Waals surface area contributed by atoms with Gasteiger partial charge in [-0.15, -0.1) is 10.2 Å². The van der Waals surface area contributed by atoms with E-state index in [1.165, 1.54) is 17.8 Å². The van der Waals surface area contributed by atoms with Crippen LogP contribution < -0.4 is 5.32 Å². The molecule has 1 heterocycles.